The predicted octanol–water partition coefficient (Wildman–Crippen LogP) is 4.40. The fourth-order valence-electron chi connectivity index (χ4n) is 4.61. The number of hydrogen-bond donors (Lipinski definition) is 1. The van der Waals surface area contributed by atoms with E-state index >= 15 is 0 Å². The second-order valence-corrected chi connectivity index (χ2v) is 10.2. The minimum Gasteiger partial charge on any atom is -0.454 e. The topological polar surface area (TPSA) is 98.6 Å². The third-order valence-electron chi connectivity index (χ3n) is 6.79. The minimum atomic E-state index is -0.842. The smallest absolute Gasteiger partial charge is 0.247 e. The van der Waals surface area contributed by atoms with Crippen LogP contribution in [0.5, 0.6) is 11.5 Å². The van der Waals surface area contributed by atoms with Crippen molar-refractivity contribution < 1.29 is 19.1 Å². The third-order valence-corrected chi connectivity index (χ3v) is 6.79. The van der Waals surface area contributed by atoms with Crippen LogP contribution in [-0.2, 0) is 22.7 Å². The number of carbonyl (C=O) groups is 2. The number of fused-ring (bicyclic) bond motifs is 2. The van der Waals surface area contributed by atoms with Crippen molar-refractivity contribution in [3.8, 4) is 11.5 Å². The van der Waals surface area contributed by atoms with Gasteiger partial charge in [-0.15, -0.1) is 5.10 Å². The summed E-state index contributed by atoms with van der Waals surface area (Å²) in [5.41, 5.74) is 4.08. The number of nitrogens with zero attached hydrogens (tertiary/aromatic N) is 4. The quantitative estimate of drug-likeness (QED) is 0.328. The summed E-state index contributed by atoms with van der Waals surface area (Å²) in [5.74, 6) is 1.24. The van der Waals surface area contributed by atoms with E-state index in [1.165, 1.54) is 0 Å². The summed E-state index contributed by atoms with van der Waals surface area (Å²) in [4.78, 5) is 29.4. The lowest BCUT2D eigenvalue weighted by Gasteiger charge is -2.32. The lowest BCUT2D eigenvalue weighted by molar-refractivity contribution is -0.142. The normalized spacial score (nSPS) is 13.0. The number of nitrogens with one attached hydrogen (secondary N) is 1. The Morgan fingerprint density at radius 1 is 1.03 bits per heavy atom. The van der Waals surface area contributed by atoms with Crippen molar-refractivity contribution in [3.63, 3.8) is 0 Å². The van der Waals surface area contributed by atoms with Crippen LogP contribution in [0.15, 0.2) is 66.7 Å². The molecule has 1 N–H and O–H groups in total. The summed E-state index contributed by atoms with van der Waals surface area (Å²) in [6.45, 7) is 7.03. The van der Waals surface area contributed by atoms with Gasteiger partial charge in [-0.05, 0) is 54.7 Å². The van der Waals surface area contributed by atoms with E-state index in [2.05, 4.69) is 29.5 Å². The third kappa shape index (κ3) is 6.03. The Kier molecular flexibility index (Phi) is 7.76. The van der Waals surface area contributed by atoms with Gasteiger partial charge in [-0.3, -0.25) is 9.59 Å². The molecule has 0 radical (unpaired) electrons. The van der Waals surface area contributed by atoms with Crippen LogP contribution < -0.4 is 14.8 Å². The van der Waals surface area contributed by atoms with Gasteiger partial charge in [-0.1, -0.05) is 67.1 Å². The maximum atomic E-state index is 14.1. The van der Waals surface area contributed by atoms with Crippen LogP contribution >= 0.6 is 0 Å². The van der Waals surface area contributed by atoms with Gasteiger partial charge < -0.3 is 19.7 Å². The van der Waals surface area contributed by atoms with Gasteiger partial charge in [0.25, 0.3) is 0 Å². The molecule has 39 heavy (non-hydrogen) atoms. The highest BCUT2D eigenvalue weighted by atomic mass is 16.7. The van der Waals surface area contributed by atoms with E-state index in [4.69, 9.17) is 9.47 Å². The van der Waals surface area contributed by atoms with E-state index in [1.54, 1.807) is 9.58 Å². The molecule has 0 fully saturated rings. The highest BCUT2D eigenvalue weighted by Gasteiger charge is 2.32. The molecule has 2 heterocycles. The van der Waals surface area contributed by atoms with Gasteiger partial charge in [0, 0.05) is 13.1 Å². The number of hydrogen-bond acceptors (Lipinski definition) is 6. The Morgan fingerprint density at radius 2 is 1.79 bits per heavy atom. The summed E-state index contributed by atoms with van der Waals surface area (Å²) >= 11 is 0. The zero-order chi connectivity index (χ0) is 27.4. The van der Waals surface area contributed by atoms with Gasteiger partial charge in [-0.25, -0.2) is 4.68 Å². The molecule has 0 saturated heterocycles. The van der Waals surface area contributed by atoms with Crippen molar-refractivity contribution in [3.05, 3.63) is 83.4 Å². The minimum absolute atomic E-state index is 0.0628. The molecule has 0 saturated carbocycles. The van der Waals surface area contributed by atoms with Crippen LogP contribution in [0, 0.1) is 12.8 Å². The monoisotopic (exact) mass is 527 g/mol. The average Bonchev–Trinajstić information content (AvgIpc) is 3.56. The number of aryl methyl sites for hydroxylation is 1. The molecular formula is C30H33N5O4. The van der Waals surface area contributed by atoms with Crippen LogP contribution in [0.1, 0.15) is 43.0 Å². The zero-order valence-corrected chi connectivity index (χ0v) is 22.5. The van der Waals surface area contributed by atoms with Crippen LogP contribution in [0.3, 0.4) is 0 Å². The summed E-state index contributed by atoms with van der Waals surface area (Å²) in [5, 5.41) is 11.5. The van der Waals surface area contributed by atoms with Crippen molar-refractivity contribution in [2.24, 2.45) is 5.92 Å². The molecule has 0 aliphatic carbocycles. The maximum absolute atomic E-state index is 14.1. The van der Waals surface area contributed by atoms with Gasteiger partial charge in [-0.2, -0.15) is 0 Å². The SMILES string of the molecule is Cc1ccc([C@@H](C(=O)NCCC(C)C)N(Cc2ccc3c(c2)OCO3)C(=O)Cn2nnc3ccccc32)cc1. The molecular weight excluding hydrogens is 494 g/mol. The number of amides is 2. The van der Waals surface area contributed by atoms with E-state index in [1.807, 2.05) is 73.7 Å². The average molecular weight is 528 g/mol. The molecule has 202 valence electrons. The Labute approximate surface area is 227 Å². The molecule has 9 nitrogen and oxygen atoms in total. The predicted molar refractivity (Wildman–Crippen MR) is 147 cm³/mol. The summed E-state index contributed by atoms with van der Waals surface area (Å²) < 4.78 is 12.6. The van der Waals surface area contributed by atoms with Crippen LogP contribution in [-0.4, -0.2) is 45.0 Å². The maximum Gasteiger partial charge on any atom is 0.247 e. The molecule has 1 aliphatic rings. The number of rotatable bonds is 10. The zero-order valence-electron chi connectivity index (χ0n) is 22.5. The molecule has 5 rings (SSSR count). The van der Waals surface area contributed by atoms with Gasteiger partial charge in [0.2, 0.25) is 18.6 Å². The first kappa shape index (κ1) is 26.2. The van der Waals surface area contributed by atoms with E-state index in [9.17, 15) is 9.59 Å². The van der Waals surface area contributed by atoms with Crippen molar-refractivity contribution in [1.82, 2.24) is 25.2 Å². The van der Waals surface area contributed by atoms with Gasteiger partial charge in [0.1, 0.15) is 18.1 Å². The summed E-state index contributed by atoms with van der Waals surface area (Å²) in [6.07, 6.45) is 0.841. The second-order valence-electron chi connectivity index (χ2n) is 10.2. The van der Waals surface area contributed by atoms with Crippen molar-refractivity contribution in [2.75, 3.05) is 13.3 Å². The highest BCUT2D eigenvalue weighted by molar-refractivity contribution is 5.89. The van der Waals surface area contributed by atoms with E-state index in [-0.39, 0.29) is 31.7 Å². The largest absolute Gasteiger partial charge is 0.454 e. The Morgan fingerprint density at radius 3 is 2.59 bits per heavy atom. The Bertz CT molecular complexity index is 1460. The van der Waals surface area contributed by atoms with E-state index < -0.39 is 6.04 Å². The molecule has 1 atom stereocenters. The fraction of sp³-hybridized carbons (Fsp3) is 0.333. The number of benzene rings is 3. The molecule has 9 heteroatoms. The second kappa shape index (κ2) is 11.6. The standard InChI is InChI=1S/C30H33N5O4/c1-20(2)14-15-31-30(37)29(23-11-8-21(3)9-12-23)34(17-22-10-13-26-27(16-22)39-19-38-26)28(36)18-35-25-7-5-4-6-24(25)32-33-35/h4-13,16,20,29H,14-15,17-19H2,1-3H3,(H,31,37)/t29-/m0/s1. The molecule has 2 amide bonds. The highest BCUT2D eigenvalue weighted by Crippen LogP contribution is 2.34. The lowest BCUT2D eigenvalue weighted by Crippen LogP contribution is -2.45. The number of carbonyl (C=O) groups excluding carboxylic acids is 2. The lowest BCUT2D eigenvalue weighted by atomic mass is 10.0. The molecule has 0 spiro atoms. The van der Waals surface area contributed by atoms with E-state index in [0.717, 1.165) is 28.6 Å². The van der Waals surface area contributed by atoms with Gasteiger partial charge in [0.05, 0.1) is 5.52 Å². The molecule has 4 aromatic rings. The molecule has 0 bridgehead atoms. The molecule has 0 unspecified atom stereocenters. The first-order chi connectivity index (χ1) is 18.9. The fourth-order valence-corrected chi connectivity index (χ4v) is 4.61. The van der Waals surface area contributed by atoms with Crippen molar-refractivity contribution in [2.45, 2.75) is 46.3 Å². The van der Waals surface area contributed by atoms with Crippen LogP contribution in [0.2, 0.25) is 0 Å². The summed E-state index contributed by atoms with van der Waals surface area (Å²) in [6, 6.07) is 20.0. The molecule has 1 aromatic heterocycles. The number of aromatic nitrogens is 3. The first-order valence-electron chi connectivity index (χ1n) is 13.2. The van der Waals surface area contributed by atoms with Crippen LogP contribution in [0.25, 0.3) is 11.0 Å². The Balaban J connectivity index is 1.51. The molecule has 3 aromatic carbocycles. The molecule has 1 aliphatic heterocycles. The first-order valence-corrected chi connectivity index (χ1v) is 13.2. The summed E-state index contributed by atoms with van der Waals surface area (Å²) in [7, 11) is 0. The van der Waals surface area contributed by atoms with Gasteiger partial charge >= 0.3 is 0 Å². The van der Waals surface area contributed by atoms with Crippen LogP contribution in [0.4, 0.5) is 0 Å². The van der Waals surface area contributed by atoms with Gasteiger partial charge in [0.15, 0.2) is 11.5 Å². The van der Waals surface area contributed by atoms with Crippen molar-refractivity contribution >= 4 is 22.8 Å². The Hall–Kier alpha value is -4.40. The number of ether oxygens (including phenoxy) is 2. The number of para-hydroxylation sites is 1. The van der Waals surface area contributed by atoms with E-state index in [0.29, 0.717) is 29.5 Å². The van der Waals surface area contributed by atoms with Crippen molar-refractivity contribution in [1.29, 1.82) is 0 Å².